The molecule has 1 N–H and O–H groups in total. The van der Waals surface area contributed by atoms with Gasteiger partial charge in [-0.1, -0.05) is 6.07 Å². The van der Waals surface area contributed by atoms with Crippen molar-refractivity contribution in [3.05, 3.63) is 28.3 Å². The summed E-state index contributed by atoms with van der Waals surface area (Å²) in [5.74, 6) is 2.17. The predicted octanol–water partition coefficient (Wildman–Crippen LogP) is 2.58. The first-order valence-corrected chi connectivity index (χ1v) is 7.06. The second-order valence-electron chi connectivity index (χ2n) is 4.31. The van der Waals surface area contributed by atoms with Crippen LogP contribution in [0.1, 0.15) is 6.42 Å². The van der Waals surface area contributed by atoms with Crippen molar-refractivity contribution in [3.63, 3.8) is 0 Å². The number of anilines is 2. The Morgan fingerprint density at radius 3 is 2.89 bits per heavy atom. The number of hydrogen-bond donors (Lipinski definition) is 1. The highest BCUT2D eigenvalue weighted by Crippen LogP contribution is 2.37. The molecule has 1 fully saturated rings. The quantitative estimate of drug-likeness (QED) is 0.671. The van der Waals surface area contributed by atoms with Crippen molar-refractivity contribution in [1.82, 2.24) is 0 Å². The van der Waals surface area contributed by atoms with E-state index < -0.39 is 0 Å². The second kappa shape index (κ2) is 5.48. The number of rotatable bonds is 4. The molecule has 1 aromatic carbocycles. The van der Waals surface area contributed by atoms with Crippen LogP contribution in [0, 0.1) is 10.1 Å². The molecule has 1 atom stereocenters. The first kappa shape index (κ1) is 13.0. The molecule has 1 unspecified atom stereocenters. The first-order chi connectivity index (χ1) is 8.65. The Morgan fingerprint density at radius 2 is 2.33 bits per heavy atom. The number of para-hydroxylation sites is 1. The molecular formula is C12H17N3O2S. The van der Waals surface area contributed by atoms with Crippen molar-refractivity contribution in [3.8, 4) is 0 Å². The Hall–Kier alpha value is -1.43. The van der Waals surface area contributed by atoms with E-state index in [4.69, 9.17) is 0 Å². The van der Waals surface area contributed by atoms with Gasteiger partial charge in [0, 0.05) is 25.9 Å². The number of nitrogens with zero attached hydrogens (tertiary/aromatic N) is 2. The summed E-state index contributed by atoms with van der Waals surface area (Å²) in [6, 6.07) is 5.80. The molecule has 0 bridgehead atoms. The third-order valence-electron chi connectivity index (χ3n) is 3.30. The van der Waals surface area contributed by atoms with Crippen LogP contribution in [-0.2, 0) is 0 Å². The van der Waals surface area contributed by atoms with E-state index >= 15 is 0 Å². The molecule has 2 rings (SSSR count). The number of benzene rings is 1. The number of nitrogens with one attached hydrogen (secondary N) is 1. The molecule has 5 nitrogen and oxygen atoms in total. The predicted molar refractivity (Wildman–Crippen MR) is 76.8 cm³/mol. The number of thioether (sulfide) groups is 1. The molecule has 1 saturated heterocycles. The molecule has 0 amide bonds. The third-order valence-corrected chi connectivity index (χ3v) is 4.44. The topological polar surface area (TPSA) is 58.4 Å². The highest BCUT2D eigenvalue weighted by molar-refractivity contribution is 7.99. The summed E-state index contributed by atoms with van der Waals surface area (Å²) in [6.07, 6.45) is 1.09. The summed E-state index contributed by atoms with van der Waals surface area (Å²) in [4.78, 5) is 13.0. The fourth-order valence-electron chi connectivity index (χ4n) is 2.23. The second-order valence-corrected chi connectivity index (χ2v) is 5.46. The number of nitro groups is 1. The van der Waals surface area contributed by atoms with Gasteiger partial charge in [0.05, 0.1) is 4.92 Å². The van der Waals surface area contributed by atoms with Crippen molar-refractivity contribution in [2.45, 2.75) is 12.5 Å². The lowest BCUT2D eigenvalue weighted by Gasteiger charge is -2.26. The summed E-state index contributed by atoms with van der Waals surface area (Å²) < 4.78 is 0. The standard InChI is InChI=1S/C12H17N3O2S/c1-13-10-4-3-5-11(12(10)15(16)17)14(2)9-6-7-18-8-9/h3-5,9,13H,6-8H2,1-2H3. The van der Waals surface area contributed by atoms with Gasteiger partial charge >= 0.3 is 5.69 Å². The van der Waals surface area contributed by atoms with Crippen LogP contribution < -0.4 is 10.2 Å². The summed E-state index contributed by atoms with van der Waals surface area (Å²) >= 11 is 1.90. The van der Waals surface area contributed by atoms with E-state index in [0.717, 1.165) is 17.9 Å². The van der Waals surface area contributed by atoms with Crippen molar-refractivity contribution < 1.29 is 4.92 Å². The molecule has 0 saturated carbocycles. The summed E-state index contributed by atoms with van der Waals surface area (Å²) in [7, 11) is 3.65. The molecule has 0 aliphatic carbocycles. The Bertz CT molecular complexity index is 447. The fraction of sp³-hybridized carbons (Fsp3) is 0.500. The summed E-state index contributed by atoms with van der Waals surface area (Å²) in [6.45, 7) is 0. The smallest absolute Gasteiger partial charge is 0.315 e. The van der Waals surface area contributed by atoms with E-state index in [9.17, 15) is 10.1 Å². The molecule has 18 heavy (non-hydrogen) atoms. The van der Waals surface area contributed by atoms with Gasteiger partial charge in [-0.3, -0.25) is 10.1 Å². The van der Waals surface area contributed by atoms with Gasteiger partial charge < -0.3 is 10.2 Å². The van der Waals surface area contributed by atoms with E-state index in [1.165, 1.54) is 0 Å². The van der Waals surface area contributed by atoms with E-state index in [2.05, 4.69) is 5.32 Å². The highest BCUT2D eigenvalue weighted by atomic mass is 32.2. The molecule has 1 aliphatic rings. The lowest BCUT2D eigenvalue weighted by atomic mass is 10.1. The minimum atomic E-state index is -0.306. The Balaban J connectivity index is 2.39. The van der Waals surface area contributed by atoms with E-state index in [-0.39, 0.29) is 10.6 Å². The Labute approximate surface area is 111 Å². The molecule has 0 aromatic heterocycles. The minimum Gasteiger partial charge on any atom is -0.382 e. The maximum atomic E-state index is 11.3. The van der Waals surface area contributed by atoms with Gasteiger partial charge in [0.1, 0.15) is 11.4 Å². The van der Waals surface area contributed by atoms with Gasteiger partial charge in [0.2, 0.25) is 0 Å². The van der Waals surface area contributed by atoms with Crippen molar-refractivity contribution in [2.24, 2.45) is 0 Å². The number of nitro benzene ring substituents is 1. The van der Waals surface area contributed by atoms with Gasteiger partial charge in [0.15, 0.2) is 0 Å². The molecule has 0 radical (unpaired) electrons. The maximum Gasteiger partial charge on any atom is 0.315 e. The van der Waals surface area contributed by atoms with Gasteiger partial charge in [0.25, 0.3) is 0 Å². The molecule has 1 aliphatic heterocycles. The molecule has 1 aromatic rings. The highest BCUT2D eigenvalue weighted by Gasteiger charge is 2.27. The first-order valence-electron chi connectivity index (χ1n) is 5.91. The van der Waals surface area contributed by atoms with E-state index in [1.807, 2.05) is 35.8 Å². The average Bonchev–Trinajstić information content (AvgIpc) is 2.90. The lowest BCUT2D eigenvalue weighted by Crippen LogP contribution is -2.31. The molecule has 0 spiro atoms. The molecular weight excluding hydrogens is 250 g/mol. The zero-order chi connectivity index (χ0) is 13.1. The van der Waals surface area contributed by atoms with Crippen molar-refractivity contribution in [1.29, 1.82) is 0 Å². The van der Waals surface area contributed by atoms with Crippen molar-refractivity contribution in [2.75, 3.05) is 35.8 Å². The zero-order valence-corrected chi connectivity index (χ0v) is 11.4. The molecule has 1 heterocycles. The summed E-state index contributed by atoms with van der Waals surface area (Å²) in [5, 5.41) is 14.1. The van der Waals surface area contributed by atoms with Crippen LogP contribution in [-0.4, -0.2) is 36.6 Å². The van der Waals surface area contributed by atoms with Gasteiger partial charge in [-0.15, -0.1) is 0 Å². The Morgan fingerprint density at radius 1 is 1.56 bits per heavy atom. The van der Waals surface area contributed by atoms with Crippen LogP contribution in [0.4, 0.5) is 17.1 Å². The molecule has 6 heteroatoms. The van der Waals surface area contributed by atoms with Crippen LogP contribution >= 0.6 is 11.8 Å². The largest absolute Gasteiger partial charge is 0.382 e. The maximum absolute atomic E-state index is 11.3. The van der Waals surface area contributed by atoms with Crippen LogP contribution in [0.2, 0.25) is 0 Å². The zero-order valence-electron chi connectivity index (χ0n) is 10.5. The van der Waals surface area contributed by atoms with Crippen molar-refractivity contribution >= 4 is 28.8 Å². The summed E-state index contributed by atoms with van der Waals surface area (Å²) in [5.41, 5.74) is 1.42. The van der Waals surface area contributed by atoms with E-state index in [1.54, 1.807) is 13.1 Å². The number of hydrogen-bond acceptors (Lipinski definition) is 5. The van der Waals surface area contributed by atoms with Gasteiger partial charge in [-0.05, 0) is 24.3 Å². The van der Waals surface area contributed by atoms with Crippen LogP contribution in [0.3, 0.4) is 0 Å². The lowest BCUT2D eigenvalue weighted by molar-refractivity contribution is -0.383. The average molecular weight is 267 g/mol. The van der Waals surface area contributed by atoms with E-state index in [0.29, 0.717) is 17.4 Å². The normalized spacial score (nSPS) is 18.7. The molecule has 98 valence electrons. The SMILES string of the molecule is CNc1cccc(N(C)C2CCSC2)c1[N+](=O)[O-]. The minimum absolute atomic E-state index is 0.166. The van der Waals surface area contributed by atoms with Gasteiger partial charge in [-0.2, -0.15) is 11.8 Å². The van der Waals surface area contributed by atoms with Crippen LogP contribution in [0.5, 0.6) is 0 Å². The Kier molecular flexibility index (Phi) is 3.96. The van der Waals surface area contributed by atoms with Gasteiger partial charge in [-0.25, -0.2) is 0 Å². The third kappa shape index (κ3) is 2.38. The van der Waals surface area contributed by atoms with Crippen LogP contribution in [0.25, 0.3) is 0 Å². The fourth-order valence-corrected chi connectivity index (χ4v) is 3.50. The van der Waals surface area contributed by atoms with Crippen LogP contribution in [0.15, 0.2) is 18.2 Å². The monoisotopic (exact) mass is 267 g/mol.